The molecular weight excluding hydrogens is 374 g/mol. The number of rotatable bonds is 5. The molecule has 0 saturated heterocycles. The SMILES string of the molecule is CCOC(=O)c1cc(NS(=O)(=O)c2ccc3ccccc3c2)ccc1Cl. The molecule has 26 heavy (non-hydrogen) atoms. The van der Waals surface area contributed by atoms with Crippen molar-refractivity contribution in [2.24, 2.45) is 0 Å². The molecule has 1 N–H and O–H groups in total. The predicted octanol–water partition coefficient (Wildman–Crippen LogP) is 4.47. The third kappa shape index (κ3) is 3.81. The molecule has 0 amide bonds. The van der Waals surface area contributed by atoms with Crippen LogP contribution in [-0.4, -0.2) is 21.0 Å². The van der Waals surface area contributed by atoms with Crippen molar-refractivity contribution in [3.8, 4) is 0 Å². The molecule has 0 spiro atoms. The zero-order valence-corrected chi connectivity index (χ0v) is 15.5. The van der Waals surface area contributed by atoms with Crippen LogP contribution in [-0.2, 0) is 14.8 Å². The molecular formula is C19H16ClNO4S. The van der Waals surface area contributed by atoms with E-state index in [1.807, 2.05) is 24.3 Å². The summed E-state index contributed by atoms with van der Waals surface area (Å²) in [7, 11) is -3.82. The molecule has 0 aliphatic carbocycles. The van der Waals surface area contributed by atoms with Crippen molar-refractivity contribution < 1.29 is 17.9 Å². The van der Waals surface area contributed by atoms with Crippen molar-refractivity contribution in [3.63, 3.8) is 0 Å². The summed E-state index contributed by atoms with van der Waals surface area (Å²) in [4.78, 5) is 12.0. The first-order chi connectivity index (χ1) is 12.4. The number of benzene rings is 3. The summed E-state index contributed by atoms with van der Waals surface area (Å²) in [6.45, 7) is 1.88. The lowest BCUT2D eigenvalue weighted by Gasteiger charge is -2.11. The first kappa shape index (κ1) is 18.2. The van der Waals surface area contributed by atoms with Crippen LogP contribution in [0.25, 0.3) is 10.8 Å². The number of ether oxygens (including phenoxy) is 1. The molecule has 0 bridgehead atoms. The van der Waals surface area contributed by atoms with Crippen LogP contribution in [0, 0.1) is 0 Å². The summed E-state index contributed by atoms with van der Waals surface area (Å²) in [5, 5.41) is 1.96. The number of hydrogen-bond donors (Lipinski definition) is 1. The lowest BCUT2D eigenvalue weighted by Crippen LogP contribution is -2.14. The number of halogens is 1. The van der Waals surface area contributed by atoms with E-state index in [0.29, 0.717) is 0 Å². The highest BCUT2D eigenvalue weighted by atomic mass is 35.5. The third-order valence-corrected chi connectivity index (χ3v) is 5.45. The number of esters is 1. The Morgan fingerprint density at radius 1 is 1.04 bits per heavy atom. The van der Waals surface area contributed by atoms with Crippen LogP contribution in [0.5, 0.6) is 0 Å². The Balaban J connectivity index is 1.93. The quantitative estimate of drug-likeness (QED) is 0.653. The Labute approximate surface area is 156 Å². The second-order valence-electron chi connectivity index (χ2n) is 5.53. The fourth-order valence-corrected chi connectivity index (χ4v) is 3.78. The van der Waals surface area contributed by atoms with E-state index in [2.05, 4.69) is 4.72 Å². The standard InChI is InChI=1S/C19H16ClNO4S/c1-2-25-19(22)17-12-15(8-10-18(17)20)21-26(23,24)16-9-7-13-5-3-4-6-14(13)11-16/h3-12,21H,2H2,1H3. The van der Waals surface area contributed by atoms with E-state index in [0.717, 1.165) is 10.8 Å². The summed E-state index contributed by atoms with van der Waals surface area (Å²) in [5.41, 5.74) is 0.331. The first-order valence-corrected chi connectivity index (χ1v) is 9.75. The number of carbonyl (C=O) groups is 1. The van der Waals surface area contributed by atoms with E-state index in [1.54, 1.807) is 19.1 Å². The van der Waals surface area contributed by atoms with Crippen LogP contribution in [0.2, 0.25) is 5.02 Å². The number of carbonyl (C=O) groups excluding carboxylic acids is 1. The van der Waals surface area contributed by atoms with Gasteiger partial charge in [-0.3, -0.25) is 4.72 Å². The summed E-state index contributed by atoms with van der Waals surface area (Å²) >= 11 is 6.00. The van der Waals surface area contributed by atoms with Crippen molar-refractivity contribution in [1.82, 2.24) is 0 Å². The molecule has 0 aliphatic heterocycles. The number of sulfonamides is 1. The zero-order valence-electron chi connectivity index (χ0n) is 13.9. The Morgan fingerprint density at radius 3 is 2.50 bits per heavy atom. The molecule has 0 radical (unpaired) electrons. The lowest BCUT2D eigenvalue weighted by atomic mass is 10.1. The highest BCUT2D eigenvalue weighted by Gasteiger charge is 2.17. The van der Waals surface area contributed by atoms with Crippen molar-refractivity contribution >= 4 is 44.1 Å². The molecule has 0 atom stereocenters. The highest BCUT2D eigenvalue weighted by molar-refractivity contribution is 7.92. The largest absolute Gasteiger partial charge is 0.462 e. The average molecular weight is 390 g/mol. The molecule has 3 aromatic carbocycles. The summed E-state index contributed by atoms with van der Waals surface area (Å²) in [6, 6.07) is 16.7. The number of fused-ring (bicyclic) bond motifs is 1. The fourth-order valence-electron chi connectivity index (χ4n) is 2.50. The molecule has 0 unspecified atom stereocenters. The first-order valence-electron chi connectivity index (χ1n) is 7.89. The van der Waals surface area contributed by atoms with Crippen LogP contribution in [0.15, 0.2) is 65.6 Å². The fraction of sp³-hybridized carbons (Fsp3) is 0.105. The maximum atomic E-state index is 12.7. The van der Waals surface area contributed by atoms with Gasteiger partial charge in [-0.25, -0.2) is 13.2 Å². The van der Waals surface area contributed by atoms with Gasteiger partial charge in [0.1, 0.15) is 0 Å². The molecule has 0 saturated carbocycles. The summed E-state index contributed by atoms with van der Waals surface area (Å²) in [5.74, 6) is -0.607. The van der Waals surface area contributed by atoms with Crippen molar-refractivity contribution in [2.75, 3.05) is 11.3 Å². The van der Waals surface area contributed by atoms with E-state index in [-0.39, 0.29) is 27.8 Å². The van der Waals surface area contributed by atoms with E-state index in [4.69, 9.17) is 16.3 Å². The van der Waals surface area contributed by atoms with Gasteiger partial charge in [0.15, 0.2) is 0 Å². The smallest absolute Gasteiger partial charge is 0.339 e. The van der Waals surface area contributed by atoms with Gasteiger partial charge in [-0.15, -0.1) is 0 Å². The number of anilines is 1. The van der Waals surface area contributed by atoms with Crippen LogP contribution in [0.3, 0.4) is 0 Å². The van der Waals surface area contributed by atoms with Crippen molar-refractivity contribution in [1.29, 1.82) is 0 Å². The second-order valence-corrected chi connectivity index (χ2v) is 7.62. The average Bonchev–Trinajstić information content (AvgIpc) is 2.63. The highest BCUT2D eigenvalue weighted by Crippen LogP contribution is 2.25. The van der Waals surface area contributed by atoms with Gasteiger partial charge in [-0.2, -0.15) is 0 Å². The Bertz CT molecular complexity index is 1080. The molecule has 5 nitrogen and oxygen atoms in total. The van der Waals surface area contributed by atoms with Gasteiger partial charge in [-0.05, 0) is 48.0 Å². The molecule has 0 fully saturated rings. The predicted molar refractivity (Wildman–Crippen MR) is 102 cm³/mol. The molecule has 134 valence electrons. The van der Waals surface area contributed by atoms with Gasteiger partial charge in [0.2, 0.25) is 0 Å². The molecule has 7 heteroatoms. The van der Waals surface area contributed by atoms with Gasteiger partial charge < -0.3 is 4.74 Å². The van der Waals surface area contributed by atoms with E-state index in [1.165, 1.54) is 24.3 Å². The summed E-state index contributed by atoms with van der Waals surface area (Å²) < 4.78 is 32.7. The van der Waals surface area contributed by atoms with Gasteiger partial charge in [0, 0.05) is 5.69 Å². The van der Waals surface area contributed by atoms with E-state index < -0.39 is 16.0 Å². The van der Waals surface area contributed by atoms with Gasteiger partial charge >= 0.3 is 5.97 Å². The minimum Gasteiger partial charge on any atom is -0.462 e. The van der Waals surface area contributed by atoms with Crippen molar-refractivity contribution in [2.45, 2.75) is 11.8 Å². The Hall–Kier alpha value is -2.57. The topological polar surface area (TPSA) is 72.5 Å². The van der Waals surface area contributed by atoms with Gasteiger partial charge in [0.05, 0.1) is 22.1 Å². The van der Waals surface area contributed by atoms with Gasteiger partial charge in [-0.1, -0.05) is 41.9 Å². The third-order valence-electron chi connectivity index (χ3n) is 3.75. The monoisotopic (exact) mass is 389 g/mol. The maximum Gasteiger partial charge on any atom is 0.339 e. The Morgan fingerprint density at radius 2 is 1.77 bits per heavy atom. The normalized spacial score (nSPS) is 11.3. The lowest BCUT2D eigenvalue weighted by molar-refractivity contribution is 0.0526. The van der Waals surface area contributed by atoms with Crippen LogP contribution in [0.1, 0.15) is 17.3 Å². The van der Waals surface area contributed by atoms with Crippen molar-refractivity contribution in [3.05, 3.63) is 71.2 Å². The number of nitrogens with one attached hydrogen (secondary N) is 1. The maximum absolute atomic E-state index is 12.7. The molecule has 3 aromatic rings. The number of hydrogen-bond acceptors (Lipinski definition) is 4. The van der Waals surface area contributed by atoms with E-state index >= 15 is 0 Å². The molecule has 0 heterocycles. The minimum absolute atomic E-state index is 0.104. The Kier molecular flexibility index (Phi) is 5.15. The van der Waals surface area contributed by atoms with E-state index in [9.17, 15) is 13.2 Å². The second kappa shape index (κ2) is 7.35. The zero-order chi connectivity index (χ0) is 18.7. The van der Waals surface area contributed by atoms with Gasteiger partial charge in [0.25, 0.3) is 10.0 Å². The minimum atomic E-state index is -3.82. The molecule has 0 aromatic heterocycles. The summed E-state index contributed by atoms with van der Waals surface area (Å²) in [6.07, 6.45) is 0. The molecule has 0 aliphatic rings. The van der Waals surface area contributed by atoms with Crippen LogP contribution >= 0.6 is 11.6 Å². The van der Waals surface area contributed by atoms with Crippen LogP contribution in [0.4, 0.5) is 5.69 Å². The van der Waals surface area contributed by atoms with Crippen LogP contribution < -0.4 is 4.72 Å². The molecule has 3 rings (SSSR count).